The van der Waals surface area contributed by atoms with Gasteiger partial charge in [0.1, 0.15) is 16.9 Å². The van der Waals surface area contributed by atoms with Crippen molar-refractivity contribution in [1.82, 2.24) is 0 Å². The van der Waals surface area contributed by atoms with Crippen molar-refractivity contribution < 1.29 is 23.8 Å². The average Bonchev–Trinajstić information content (AvgIpc) is 3.17. The molecule has 1 aliphatic carbocycles. The third kappa shape index (κ3) is 5.22. The van der Waals surface area contributed by atoms with Crippen molar-refractivity contribution in [3.05, 3.63) is 23.8 Å². The fourth-order valence-corrected chi connectivity index (χ4v) is 3.21. The molecule has 0 heterocycles. The van der Waals surface area contributed by atoms with E-state index in [1.807, 2.05) is 20.8 Å². The Morgan fingerprint density at radius 1 is 1.22 bits per heavy atom. The van der Waals surface area contributed by atoms with Crippen LogP contribution in [0.2, 0.25) is 0 Å². The highest BCUT2D eigenvalue weighted by molar-refractivity contribution is 5.99. The number of ether oxygens (including phenoxy) is 3. The quantitative estimate of drug-likeness (QED) is 0.649. The zero-order valence-corrected chi connectivity index (χ0v) is 16.8. The van der Waals surface area contributed by atoms with Gasteiger partial charge in [0, 0.05) is 12.3 Å². The lowest BCUT2D eigenvalue weighted by molar-refractivity contribution is -0.140. The van der Waals surface area contributed by atoms with E-state index in [2.05, 4.69) is 5.32 Å². The number of methoxy groups -OCH3 is 1. The van der Waals surface area contributed by atoms with Crippen LogP contribution < -0.4 is 10.1 Å². The van der Waals surface area contributed by atoms with E-state index in [4.69, 9.17) is 14.2 Å². The summed E-state index contributed by atoms with van der Waals surface area (Å²) in [4.78, 5) is 25.1. The topological polar surface area (TPSA) is 73.9 Å². The second-order valence-corrected chi connectivity index (χ2v) is 7.04. The van der Waals surface area contributed by atoms with Gasteiger partial charge in [-0.3, -0.25) is 4.79 Å². The number of anilines is 1. The molecule has 0 saturated heterocycles. The predicted molar refractivity (Wildman–Crippen MR) is 104 cm³/mol. The molecule has 0 radical (unpaired) electrons. The lowest BCUT2D eigenvalue weighted by Gasteiger charge is -2.28. The molecule has 1 fully saturated rings. The van der Waals surface area contributed by atoms with Gasteiger partial charge in [0.2, 0.25) is 0 Å². The van der Waals surface area contributed by atoms with Crippen LogP contribution in [-0.4, -0.2) is 37.3 Å². The molecule has 1 aromatic carbocycles. The van der Waals surface area contributed by atoms with E-state index in [1.54, 1.807) is 18.2 Å². The van der Waals surface area contributed by atoms with Crippen LogP contribution in [0.1, 0.15) is 69.7 Å². The van der Waals surface area contributed by atoms with Crippen LogP contribution in [0.4, 0.5) is 5.69 Å². The molecule has 1 aromatic rings. The van der Waals surface area contributed by atoms with Gasteiger partial charge in [-0.15, -0.1) is 0 Å². The first-order valence-corrected chi connectivity index (χ1v) is 9.80. The number of hydrogen-bond donors (Lipinski definition) is 1. The third-order valence-electron chi connectivity index (χ3n) is 4.95. The molecule has 0 aromatic heterocycles. The first-order valence-electron chi connectivity index (χ1n) is 9.80. The summed E-state index contributed by atoms with van der Waals surface area (Å²) in [5.74, 6) is -0.200. The highest BCUT2D eigenvalue weighted by Crippen LogP contribution is 2.35. The van der Waals surface area contributed by atoms with Gasteiger partial charge in [0.05, 0.1) is 13.2 Å². The maximum atomic E-state index is 12.9. The van der Waals surface area contributed by atoms with Crippen LogP contribution in [0.3, 0.4) is 0 Å². The molecule has 1 aliphatic rings. The summed E-state index contributed by atoms with van der Waals surface area (Å²) in [5.41, 5.74) is 0.0571. The van der Waals surface area contributed by atoms with Crippen LogP contribution >= 0.6 is 0 Å². The maximum Gasteiger partial charge on any atom is 0.341 e. The Labute approximate surface area is 161 Å². The minimum absolute atomic E-state index is 0.0296. The zero-order valence-electron chi connectivity index (χ0n) is 16.8. The van der Waals surface area contributed by atoms with Crippen LogP contribution in [0.5, 0.6) is 5.75 Å². The fourth-order valence-electron chi connectivity index (χ4n) is 3.21. The fraction of sp³-hybridized carbons (Fsp3) is 0.619. The summed E-state index contributed by atoms with van der Waals surface area (Å²) >= 11 is 0. The molecule has 0 unspecified atom stereocenters. The smallest absolute Gasteiger partial charge is 0.341 e. The van der Waals surface area contributed by atoms with Gasteiger partial charge in [-0.05, 0) is 63.6 Å². The van der Waals surface area contributed by atoms with E-state index in [-0.39, 0.29) is 12.0 Å². The van der Waals surface area contributed by atoms with Crippen molar-refractivity contribution in [3.63, 3.8) is 0 Å². The van der Waals surface area contributed by atoms with Gasteiger partial charge in [-0.1, -0.05) is 13.8 Å². The van der Waals surface area contributed by atoms with Gasteiger partial charge in [-0.2, -0.15) is 0 Å². The Morgan fingerprint density at radius 3 is 2.52 bits per heavy atom. The molecule has 0 spiro atoms. The molecule has 1 amide bonds. The third-order valence-corrected chi connectivity index (χ3v) is 4.95. The molecule has 6 nitrogen and oxygen atoms in total. The number of benzene rings is 1. The molecule has 150 valence electrons. The molecular formula is C21H31NO5. The zero-order chi connectivity index (χ0) is 19.9. The van der Waals surface area contributed by atoms with Crippen molar-refractivity contribution in [2.24, 2.45) is 0 Å². The lowest BCUT2D eigenvalue weighted by atomic mass is 10.0. The largest absolute Gasteiger partial charge is 0.490 e. The van der Waals surface area contributed by atoms with Crippen molar-refractivity contribution in [3.8, 4) is 5.75 Å². The number of rotatable bonds is 9. The molecular weight excluding hydrogens is 346 g/mol. The summed E-state index contributed by atoms with van der Waals surface area (Å²) in [6, 6.07) is 5.04. The van der Waals surface area contributed by atoms with E-state index < -0.39 is 11.6 Å². The summed E-state index contributed by atoms with van der Waals surface area (Å²) in [5, 5.41) is 2.92. The van der Waals surface area contributed by atoms with E-state index in [9.17, 15) is 9.59 Å². The SMILES string of the molecule is CCCOC1(C(=O)Nc2ccc(O[C@@H](C)CC)c(C(=O)OC)c2)CCCC1. The Hall–Kier alpha value is -2.08. The molecule has 0 aliphatic heterocycles. The van der Waals surface area contributed by atoms with Gasteiger partial charge in [0.25, 0.3) is 5.91 Å². The highest BCUT2D eigenvalue weighted by Gasteiger charge is 2.42. The molecule has 0 bridgehead atoms. The number of carbonyl (C=O) groups excluding carboxylic acids is 2. The molecule has 1 saturated carbocycles. The minimum atomic E-state index is -0.771. The Morgan fingerprint density at radius 2 is 1.93 bits per heavy atom. The number of carbonyl (C=O) groups is 2. The van der Waals surface area contributed by atoms with Gasteiger partial charge < -0.3 is 19.5 Å². The van der Waals surface area contributed by atoms with Gasteiger partial charge in [0.15, 0.2) is 0 Å². The van der Waals surface area contributed by atoms with Crippen molar-refractivity contribution in [2.45, 2.75) is 71.0 Å². The van der Waals surface area contributed by atoms with Gasteiger partial charge in [-0.25, -0.2) is 4.79 Å². The number of amides is 1. The van der Waals surface area contributed by atoms with Gasteiger partial charge >= 0.3 is 5.97 Å². The average molecular weight is 377 g/mol. The summed E-state index contributed by atoms with van der Waals surface area (Å²) in [6.07, 6.45) is 5.05. The second kappa shape index (κ2) is 9.74. The van der Waals surface area contributed by atoms with Crippen LogP contribution in [-0.2, 0) is 14.3 Å². The Balaban J connectivity index is 2.22. The number of hydrogen-bond acceptors (Lipinski definition) is 5. The van der Waals surface area contributed by atoms with E-state index in [0.717, 1.165) is 38.5 Å². The number of nitrogens with one attached hydrogen (secondary N) is 1. The predicted octanol–water partition coefficient (Wildman–Crippen LogP) is 4.33. The first-order chi connectivity index (χ1) is 13.0. The standard InChI is InChI=1S/C21H31NO5/c1-5-13-26-21(11-7-8-12-21)20(24)22-16-9-10-18(27-15(3)6-2)17(14-16)19(23)25-4/h9-10,14-15H,5-8,11-13H2,1-4H3,(H,22,24)/t15-/m0/s1. The summed E-state index contributed by atoms with van der Waals surface area (Å²) < 4.78 is 16.6. The van der Waals surface area contributed by atoms with Crippen LogP contribution in [0.15, 0.2) is 18.2 Å². The van der Waals surface area contributed by atoms with E-state index in [0.29, 0.717) is 23.6 Å². The molecule has 1 atom stereocenters. The van der Waals surface area contributed by atoms with E-state index >= 15 is 0 Å². The minimum Gasteiger partial charge on any atom is -0.490 e. The van der Waals surface area contributed by atoms with Crippen molar-refractivity contribution in [2.75, 3.05) is 19.0 Å². The highest BCUT2D eigenvalue weighted by atomic mass is 16.5. The van der Waals surface area contributed by atoms with Crippen LogP contribution in [0.25, 0.3) is 0 Å². The lowest BCUT2D eigenvalue weighted by Crippen LogP contribution is -2.43. The first kappa shape index (κ1) is 21.2. The van der Waals surface area contributed by atoms with Crippen molar-refractivity contribution in [1.29, 1.82) is 0 Å². The molecule has 27 heavy (non-hydrogen) atoms. The second-order valence-electron chi connectivity index (χ2n) is 7.04. The molecule has 6 heteroatoms. The molecule has 2 rings (SSSR count). The number of esters is 1. The summed E-state index contributed by atoms with van der Waals surface area (Å²) in [7, 11) is 1.33. The Bertz CT molecular complexity index is 652. The normalized spacial score (nSPS) is 16.6. The monoisotopic (exact) mass is 377 g/mol. The molecule has 1 N–H and O–H groups in total. The maximum absolute atomic E-state index is 12.9. The van der Waals surface area contributed by atoms with E-state index in [1.165, 1.54) is 7.11 Å². The van der Waals surface area contributed by atoms with Crippen molar-refractivity contribution >= 4 is 17.6 Å². The summed E-state index contributed by atoms with van der Waals surface area (Å²) in [6.45, 7) is 6.53. The Kier molecular flexibility index (Phi) is 7.66. The van der Waals surface area contributed by atoms with Crippen LogP contribution in [0, 0.1) is 0 Å².